The van der Waals surface area contributed by atoms with E-state index in [0.717, 1.165) is 38.5 Å². The lowest BCUT2D eigenvalue weighted by Crippen LogP contribution is -2.64. The smallest absolute Gasteiger partial charge is 0.255 e. The zero-order chi connectivity index (χ0) is 19.0. The van der Waals surface area contributed by atoms with Gasteiger partial charge in [0.05, 0.1) is 23.3 Å². The number of anilines is 1. The molecule has 1 aromatic heterocycles. The zero-order valence-electron chi connectivity index (χ0n) is 15.9. The average molecular weight is 372 g/mol. The first-order valence-corrected chi connectivity index (χ1v) is 10.1. The number of rotatable bonds is 2. The number of carbonyl (C=O) groups excluding carboxylic acids is 1. The Balaban J connectivity index is 1.47. The Morgan fingerprint density at radius 2 is 2.15 bits per heavy atom. The van der Waals surface area contributed by atoms with Crippen LogP contribution in [0.25, 0.3) is 0 Å². The van der Waals surface area contributed by atoms with Crippen molar-refractivity contribution in [3.63, 3.8) is 0 Å². The number of aromatic nitrogens is 2. The lowest BCUT2D eigenvalue weighted by molar-refractivity contribution is -0.210. The number of fused-ring (bicyclic) bond motifs is 1. The van der Waals surface area contributed by atoms with Crippen LogP contribution >= 0.6 is 0 Å². The van der Waals surface area contributed by atoms with E-state index in [9.17, 15) is 14.7 Å². The molecular formula is C20H28N4O3. The molecule has 1 amide bonds. The summed E-state index contributed by atoms with van der Waals surface area (Å²) in [6.07, 6.45) is 6.75. The molecule has 2 heterocycles. The van der Waals surface area contributed by atoms with Crippen molar-refractivity contribution in [1.29, 1.82) is 0 Å². The van der Waals surface area contributed by atoms with Gasteiger partial charge < -0.3 is 15.7 Å². The van der Waals surface area contributed by atoms with E-state index in [-0.39, 0.29) is 22.8 Å². The second-order valence-electron chi connectivity index (χ2n) is 9.72. The average Bonchev–Trinajstić information content (AvgIpc) is 2.58. The standard InChI is InChI=1S/C20H28N4O3/c1-2-18-5-12-6-19(9-18,11-20(27,7-12)10-18)16(26)24-4-3-13-14(8-24)22-17(21)23-15(13)25/h12,27H,2-11H2,1H3,(H3,21,22,23,25)/t12-,18-,19+,20+/m0/s1. The Morgan fingerprint density at radius 3 is 2.89 bits per heavy atom. The number of nitrogens with zero attached hydrogens (tertiary/aromatic N) is 2. The molecule has 6 rings (SSSR count). The SMILES string of the molecule is CC[C@@]12C[C@@H]3C[C@@](O)(C1)C[C@@](C(=O)N1CCc4c(nc(N)[nH]c4=O)C1)(C3)C2. The van der Waals surface area contributed by atoms with Gasteiger partial charge in [-0.25, -0.2) is 4.98 Å². The molecule has 4 aliphatic carbocycles. The van der Waals surface area contributed by atoms with Gasteiger partial charge in [-0.2, -0.15) is 0 Å². The summed E-state index contributed by atoms with van der Waals surface area (Å²) in [4.78, 5) is 34.5. The number of carbonyl (C=O) groups is 1. The number of nitrogens with two attached hydrogens (primary N) is 1. The van der Waals surface area contributed by atoms with E-state index >= 15 is 0 Å². The first-order chi connectivity index (χ1) is 12.8. The lowest BCUT2D eigenvalue weighted by Gasteiger charge is -2.65. The molecule has 0 spiro atoms. The Hall–Kier alpha value is -1.89. The Labute approximate surface area is 158 Å². The van der Waals surface area contributed by atoms with Crippen LogP contribution in [0.2, 0.25) is 0 Å². The van der Waals surface area contributed by atoms with Gasteiger partial charge in [-0.3, -0.25) is 14.6 Å². The molecule has 0 saturated heterocycles. The molecule has 1 aliphatic heterocycles. The summed E-state index contributed by atoms with van der Waals surface area (Å²) in [5, 5.41) is 11.2. The van der Waals surface area contributed by atoms with E-state index in [2.05, 4.69) is 16.9 Å². The number of H-pyrrole nitrogens is 1. The van der Waals surface area contributed by atoms with E-state index in [0.29, 0.717) is 43.1 Å². The highest BCUT2D eigenvalue weighted by Gasteiger charge is 2.65. The Morgan fingerprint density at radius 1 is 1.33 bits per heavy atom. The normalized spacial score (nSPS) is 39.5. The van der Waals surface area contributed by atoms with Crippen LogP contribution in [0.1, 0.15) is 63.1 Å². The number of nitrogens with one attached hydrogen (secondary N) is 1. The molecule has 0 unspecified atom stereocenters. The van der Waals surface area contributed by atoms with Crippen LogP contribution < -0.4 is 11.3 Å². The van der Waals surface area contributed by atoms with Gasteiger partial charge in [0, 0.05) is 12.1 Å². The summed E-state index contributed by atoms with van der Waals surface area (Å²) in [6, 6.07) is 0. The first-order valence-electron chi connectivity index (χ1n) is 10.1. The van der Waals surface area contributed by atoms with Crippen LogP contribution in [0.3, 0.4) is 0 Å². The van der Waals surface area contributed by atoms with Crippen LogP contribution in [-0.4, -0.2) is 38.0 Å². The van der Waals surface area contributed by atoms with E-state index in [1.54, 1.807) is 0 Å². The van der Waals surface area contributed by atoms with Gasteiger partial charge in [0.15, 0.2) is 0 Å². The lowest BCUT2D eigenvalue weighted by atomic mass is 9.42. The largest absolute Gasteiger partial charge is 0.390 e. The Kier molecular flexibility index (Phi) is 3.41. The molecule has 4 atom stereocenters. The first kappa shape index (κ1) is 17.2. The molecule has 4 fully saturated rings. The second kappa shape index (κ2) is 5.34. The molecule has 0 aromatic carbocycles. The molecule has 0 radical (unpaired) electrons. The minimum absolute atomic E-state index is 0.0992. The highest BCUT2D eigenvalue weighted by molar-refractivity contribution is 5.84. The summed E-state index contributed by atoms with van der Waals surface area (Å²) < 4.78 is 0. The zero-order valence-corrected chi connectivity index (χ0v) is 15.9. The van der Waals surface area contributed by atoms with Crippen molar-refractivity contribution in [1.82, 2.24) is 14.9 Å². The van der Waals surface area contributed by atoms with E-state index in [1.165, 1.54) is 0 Å². The summed E-state index contributed by atoms with van der Waals surface area (Å²) in [6.45, 7) is 3.07. The number of hydrogen-bond acceptors (Lipinski definition) is 5. The third-order valence-corrected chi connectivity index (χ3v) is 7.74. The van der Waals surface area contributed by atoms with Gasteiger partial charge in [0.1, 0.15) is 0 Å². The van der Waals surface area contributed by atoms with Crippen LogP contribution in [0.4, 0.5) is 5.95 Å². The molecule has 146 valence electrons. The molecule has 4 bridgehead atoms. The summed E-state index contributed by atoms with van der Waals surface area (Å²) in [7, 11) is 0. The fraction of sp³-hybridized carbons (Fsp3) is 0.750. The number of amides is 1. The Bertz CT molecular complexity index is 882. The topological polar surface area (TPSA) is 112 Å². The third-order valence-electron chi connectivity index (χ3n) is 7.74. The minimum Gasteiger partial charge on any atom is -0.390 e. The number of nitrogen functional groups attached to an aromatic ring is 1. The predicted molar refractivity (Wildman–Crippen MR) is 99.7 cm³/mol. The van der Waals surface area contributed by atoms with Crippen LogP contribution in [0.15, 0.2) is 4.79 Å². The van der Waals surface area contributed by atoms with Crippen LogP contribution in [0, 0.1) is 16.7 Å². The highest BCUT2D eigenvalue weighted by atomic mass is 16.3. The molecule has 7 heteroatoms. The van der Waals surface area contributed by atoms with Crippen molar-refractivity contribution in [3.05, 3.63) is 21.6 Å². The molecular weight excluding hydrogens is 344 g/mol. The molecule has 7 nitrogen and oxygen atoms in total. The van der Waals surface area contributed by atoms with Crippen molar-refractivity contribution in [3.8, 4) is 0 Å². The van der Waals surface area contributed by atoms with Crippen molar-refractivity contribution in [2.24, 2.45) is 16.7 Å². The van der Waals surface area contributed by atoms with Gasteiger partial charge in [0.2, 0.25) is 11.9 Å². The van der Waals surface area contributed by atoms with Crippen LogP contribution in [0.5, 0.6) is 0 Å². The molecule has 4 N–H and O–H groups in total. The fourth-order valence-corrected chi connectivity index (χ4v) is 7.19. The van der Waals surface area contributed by atoms with E-state index in [1.807, 2.05) is 4.90 Å². The number of aromatic amines is 1. The van der Waals surface area contributed by atoms with Gasteiger partial charge in [-0.05, 0) is 56.3 Å². The van der Waals surface area contributed by atoms with Gasteiger partial charge in [0.25, 0.3) is 5.56 Å². The van der Waals surface area contributed by atoms with Crippen molar-refractivity contribution >= 4 is 11.9 Å². The molecule has 5 aliphatic rings. The number of hydrogen-bond donors (Lipinski definition) is 3. The van der Waals surface area contributed by atoms with Crippen molar-refractivity contribution < 1.29 is 9.90 Å². The third kappa shape index (κ3) is 2.47. The summed E-state index contributed by atoms with van der Waals surface area (Å²) in [5.74, 6) is 0.695. The summed E-state index contributed by atoms with van der Waals surface area (Å²) >= 11 is 0. The molecule has 1 aromatic rings. The summed E-state index contributed by atoms with van der Waals surface area (Å²) in [5.41, 5.74) is 5.74. The molecule has 27 heavy (non-hydrogen) atoms. The van der Waals surface area contributed by atoms with Gasteiger partial charge >= 0.3 is 0 Å². The van der Waals surface area contributed by atoms with Crippen molar-refractivity contribution in [2.45, 2.75) is 70.4 Å². The fourth-order valence-electron chi connectivity index (χ4n) is 7.19. The van der Waals surface area contributed by atoms with Gasteiger partial charge in [-0.1, -0.05) is 13.3 Å². The van der Waals surface area contributed by atoms with E-state index < -0.39 is 11.0 Å². The van der Waals surface area contributed by atoms with E-state index in [4.69, 9.17) is 5.73 Å². The number of aliphatic hydroxyl groups is 1. The van der Waals surface area contributed by atoms with Gasteiger partial charge in [-0.15, -0.1) is 0 Å². The minimum atomic E-state index is -0.682. The highest BCUT2D eigenvalue weighted by Crippen LogP contribution is 2.68. The molecule has 4 saturated carbocycles. The van der Waals surface area contributed by atoms with Crippen LogP contribution in [-0.2, 0) is 17.8 Å². The predicted octanol–water partition coefficient (Wildman–Crippen LogP) is 1.35. The second-order valence-corrected chi connectivity index (χ2v) is 9.72. The maximum atomic E-state index is 13.7. The quantitative estimate of drug-likeness (QED) is 0.725. The maximum Gasteiger partial charge on any atom is 0.255 e. The maximum absolute atomic E-state index is 13.7. The monoisotopic (exact) mass is 372 g/mol. The van der Waals surface area contributed by atoms with Crippen molar-refractivity contribution in [2.75, 3.05) is 12.3 Å².